The zero-order valence-corrected chi connectivity index (χ0v) is 11.1. The third-order valence-electron chi connectivity index (χ3n) is 2.36. The molecule has 0 aromatic heterocycles. The number of nitrogens with zero attached hydrogens (tertiary/aromatic N) is 1. The molecule has 1 aromatic rings. The Morgan fingerprint density at radius 3 is 2.32 bits per heavy atom. The highest BCUT2D eigenvalue weighted by Crippen LogP contribution is 2.14. The summed E-state index contributed by atoms with van der Waals surface area (Å²) in [7, 11) is 0. The molecule has 5 nitrogen and oxygen atoms in total. The van der Waals surface area contributed by atoms with Gasteiger partial charge in [-0.05, 0) is 26.0 Å². The smallest absolute Gasteiger partial charge is 0.326 e. The molecule has 0 spiro atoms. The number of rotatable bonds is 6. The van der Waals surface area contributed by atoms with Crippen molar-refractivity contribution in [2.24, 2.45) is 0 Å². The third-order valence-corrected chi connectivity index (χ3v) is 2.36. The van der Waals surface area contributed by atoms with Crippen LogP contribution in [0.3, 0.4) is 0 Å². The van der Waals surface area contributed by atoms with E-state index in [4.69, 9.17) is 4.74 Å². The summed E-state index contributed by atoms with van der Waals surface area (Å²) in [5, 5.41) is 0. The minimum absolute atomic E-state index is 0.191. The highest BCUT2D eigenvalue weighted by atomic mass is 16.5. The average Bonchev–Trinajstić information content (AvgIpc) is 2.36. The first-order valence-electron chi connectivity index (χ1n) is 6.05. The van der Waals surface area contributed by atoms with E-state index >= 15 is 0 Å². The number of anilines is 1. The van der Waals surface area contributed by atoms with Crippen LogP contribution < -0.4 is 4.90 Å². The molecule has 0 aliphatic carbocycles. The Bertz CT molecular complexity index is 456. The fourth-order valence-electron chi connectivity index (χ4n) is 1.58. The predicted octanol–water partition coefficient (Wildman–Crippen LogP) is 1.56. The van der Waals surface area contributed by atoms with Gasteiger partial charge in [-0.2, -0.15) is 0 Å². The summed E-state index contributed by atoms with van der Waals surface area (Å²) in [5.74, 6) is -1.15. The lowest BCUT2D eigenvalue weighted by atomic mass is 10.2. The van der Waals surface area contributed by atoms with Gasteiger partial charge in [0, 0.05) is 5.69 Å². The lowest BCUT2D eigenvalue weighted by Crippen LogP contribution is -2.37. The summed E-state index contributed by atoms with van der Waals surface area (Å²) in [6.45, 7) is 3.10. The van der Waals surface area contributed by atoms with E-state index in [1.54, 1.807) is 31.2 Å². The molecule has 0 N–H and O–H groups in total. The van der Waals surface area contributed by atoms with Crippen LogP contribution in [-0.4, -0.2) is 30.8 Å². The van der Waals surface area contributed by atoms with Gasteiger partial charge in [0.2, 0.25) is 5.91 Å². The van der Waals surface area contributed by atoms with E-state index in [0.29, 0.717) is 5.69 Å². The number of hydrogen-bond acceptors (Lipinski definition) is 4. The molecule has 1 rings (SSSR count). The summed E-state index contributed by atoms with van der Waals surface area (Å²) in [6, 6.07) is 8.74. The van der Waals surface area contributed by atoms with Crippen LogP contribution in [0.2, 0.25) is 0 Å². The number of carbonyl (C=O) groups excluding carboxylic acids is 3. The van der Waals surface area contributed by atoms with E-state index in [2.05, 4.69) is 0 Å². The Hall–Kier alpha value is -2.17. The van der Waals surface area contributed by atoms with Gasteiger partial charge in [0.05, 0.1) is 13.0 Å². The molecule has 1 aromatic carbocycles. The number of ketones is 1. The van der Waals surface area contributed by atoms with E-state index in [0.717, 1.165) is 0 Å². The number of carbonyl (C=O) groups is 3. The maximum Gasteiger partial charge on any atom is 0.326 e. The molecule has 0 saturated heterocycles. The number of Topliss-reactive ketones (excluding diaryl/α,β-unsaturated/α-hetero) is 1. The van der Waals surface area contributed by atoms with E-state index in [1.165, 1.54) is 11.8 Å². The Labute approximate surface area is 112 Å². The standard InChI is InChI=1S/C14H17NO4/c1-3-19-14(18)10-15(13(17)9-11(2)16)12-7-5-4-6-8-12/h4-8H,3,9-10H2,1-2H3. The van der Waals surface area contributed by atoms with Gasteiger partial charge in [-0.25, -0.2) is 0 Å². The van der Waals surface area contributed by atoms with Gasteiger partial charge in [-0.1, -0.05) is 18.2 Å². The van der Waals surface area contributed by atoms with Crippen molar-refractivity contribution in [3.63, 3.8) is 0 Å². The normalized spacial score (nSPS) is 9.79. The van der Waals surface area contributed by atoms with E-state index in [-0.39, 0.29) is 25.4 Å². The average molecular weight is 263 g/mol. The highest BCUT2D eigenvalue weighted by Gasteiger charge is 2.20. The fraction of sp³-hybridized carbons (Fsp3) is 0.357. The lowest BCUT2D eigenvalue weighted by Gasteiger charge is -2.21. The molecule has 0 bridgehead atoms. The summed E-state index contributed by atoms with van der Waals surface area (Å²) in [6.07, 6.45) is -0.228. The third kappa shape index (κ3) is 4.91. The van der Waals surface area contributed by atoms with Gasteiger partial charge in [0.1, 0.15) is 12.3 Å². The van der Waals surface area contributed by atoms with Crippen molar-refractivity contribution in [2.75, 3.05) is 18.1 Å². The Kier molecular flexibility index (Phi) is 5.73. The summed E-state index contributed by atoms with van der Waals surface area (Å²) in [4.78, 5) is 35.8. The minimum Gasteiger partial charge on any atom is -0.465 e. The number of hydrogen-bond donors (Lipinski definition) is 0. The van der Waals surface area contributed by atoms with Gasteiger partial charge in [-0.15, -0.1) is 0 Å². The Morgan fingerprint density at radius 2 is 1.79 bits per heavy atom. The SMILES string of the molecule is CCOC(=O)CN(C(=O)CC(C)=O)c1ccccc1. The van der Waals surface area contributed by atoms with Crippen molar-refractivity contribution >= 4 is 23.3 Å². The second-order valence-electron chi connectivity index (χ2n) is 4.00. The molecule has 0 atom stereocenters. The molecule has 0 radical (unpaired) electrons. The molecule has 0 fully saturated rings. The monoisotopic (exact) mass is 263 g/mol. The van der Waals surface area contributed by atoms with Gasteiger partial charge >= 0.3 is 5.97 Å². The Morgan fingerprint density at radius 1 is 1.16 bits per heavy atom. The van der Waals surface area contributed by atoms with Crippen LogP contribution in [0.1, 0.15) is 20.3 Å². The molecule has 5 heteroatoms. The topological polar surface area (TPSA) is 63.7 Å². The number of esters is 1. The van der Waals surface area contributed by atoms with Crippen LogP contribution in [0.4, 0.5) is 5.69 Å². The van der Waals surface area contributed by atoms with E-state index in [1.807, 2.05) is 6.07 Å². The molecule has 0 aliphatic rings. The quantitative estimate of drug-likeness (QED) is 0.577. The van der Waals surface area contributed by atoms with Gasteiger partial charge in [0.25, 0.3) is 0 Å². The summed E-state index contributed by atoms with van der Waals surface area (Å²) in [5.41, 5.74) is 0.571. The number of ether oxygens (including phenoxy) is 1. The Balaban J connectivity index is 2.88. The van der Waals surface area contributed by atoms with Crippen LogP contribution in [0.25, 0.3) is 0 Å². The first-order valence-corrected chi connectivity index (χ1v) is 6.05. The lowest BCUT2D eigenvalue weighted by molar-refractivity contribution is -0.142. The molecule has 102 valence electrons. The highest BCUT2D eigenvalue weighted by molar-refractivity contribution is 6.06. The molecular formula is C14H17NO4. The van der Waals surface area contributed by atoms with Crippen molar-refractivity contribution in [3.8, 4) is 0 Å². The molecular weight excluding hydrogens is 246 g/mol. The number of para-hydroxylation sites is 1. The molecule has 0 aliphatic heterocycles. The number of amides is 1. The molecule has 19 heavy (non-hydrogen) atoms. The van der Waals surface area contributed by atoms with Crippen molar-refractivity contribution in [1.29, 1.82) is 0 Å². The van der Waals surface area contributed by atoms with Crippen LogP contribution >= 0.6 is 0 Å². The van der Waals surface area contributed by atoms with Crippen LogP contribution in [-0.2, 0) is 19.1 Å². The zero-order chi connectivity index (χ0) is 14.3. The van der Waals surface area contributed by atoms with Gasteiger partial charge in [-0.3, -0.25) is 14.4 Å². The first-order chi connectivity index (χ1) is 9.04. The van der Waals surface area contributed by atoms with Gasteiger partial charge < -0.3 is 9.64 Å². The largest absolute Gasteiger partial charge is 0.465 e. The van der Waals surface area contributed by atoms with Crippen molar-refractivity contribution in [1.82, 2.24) is 0 Å². The van der Waals surface area contributed by atoms with E-state index in [9.17, 15) is 14.4 Å². The second kappa shape index (κ2) is 7.31. The first kappa shape index (κ1) is 14.9. The number of benzene rings is 1. The molecule has 0 unspecified atom stereocenters. The van der Waals surface area contributed by atoms with Crippen LogP contribution in [0.5, 0.6) is 0 Å². The molecule has 1 amide bonds. The second-order valence-corrected chi connectivity index (χ2v) is 4.00. The van der Waals surface area contributed by atoms with Crippen molar-refractivity contribution in [3.05, 3.63) is 30.3 Å². The minimum atomic E-state index is -0.497. The predicted molar refractivity (Wildman–Crippen MR) is 70.7 cm³/mol. The zero-order valence-electron chi connectivity index (χ0n) is 11.1. The summed E-state index contributed by atoms with van der Waals surface area (Å²) >= 11 is 0. The molecule has 0 heterocycles. The van der Waals surface area contributed by atoms with Crippen molar-refractivity contribution in [2.45, 2.75) is 20.3 Å². The summed E-state index contributed by atoms with van der Waals surface area (Å²) < 4.78 is 4.83. The maximum absolute atomic E-state index is 12.0. The van der Waals surface area contributed by atoms with Crippen molar-refractivity contribution < 1.29 is 19.1 Å². The fourth-order valence-corrected chi connectivity index (χ4v) is 1.58. The van der Waals surface area contributed by atoms with Gasteiger partial charge in [0.15, 0.2) is 0 Å². The van der Waals surface area contributed by atoms with Crippen LogP contribution in [0.15, 0.2) is 30.3 Å². The molecule has 0 saturated carbocycles. The maximum atomic E-state index is 12.0. The van der Waals surface area contributed by atoms with Crippen LogP contribution in [0, 0.1) is 0 Å². The van der Waals surface area contributed by atoms with E-state index < -0.39 is 11.9 Å².